The summed E-state index contributed by atoms with van der Waals surface area (Å²) in [5, 5.41) is 0. The van der Waals surface area contributed by atoms with Crippen LogP contribution < -0.4 is 0 Å². The lowest BCUT2D eigenvalue weighted by Crippen LogP contribution is -2.50. The van der Waals surface area contributed by atoms with E-state index < -0.39 is 23.8 Å². The maximum absolute atomic E-state index is 12.4. The third-order valence-electron chi connectivity index (χ3n) is 17.7. The molecule has 8 rings (SSSR count). The number of thioether (sulfide) groups is 1. The Morgan fingerprint density at radius 2 is 0.911 bits per heavy atom. The summed E-state index contributed by atoms with van der Waals surface area (Å²) in [6.07, 6.45) is 23.2. The minimum absolute atomic E-state index is 0.000956. The van der Waals surface area contributed by atoms with Crippen LogP contribution in [-0.4, -0.2) is 135 Å². The first-order valence-electron chi connectivity index (χ1n) is 29.5. The minimum atomic E-state index is -0.913. The molecule has 0 radical (unpaired) electrons. The summed E-state index contributed by atoms with van der Waals surface area (Å²) in [6, 6.07) is 43.9. The van der Waals surface area contributed by atoms with Crippen molar-refractivity contribution < 1.29 is 28.5 Å². The fraction of sp³-hybridized carbons (Fsp3) is 0.576. The molecule has 2 aliphatic carbocycles. The van der Waals surface area contributed by atoms with E-state index in [2.05, 4.69) is 170 Å². The summed E-state index contributed by atoms with van der Waals surface area (Å²) in [7, 11) is 11.7. The van der Waals surface area contributed by atoms with Crippen LogP contribution in [0.2, 0.25) is 0 Å². The van der Waals surface area contributed by atoms with Crippen molar-refractivity contribution in [3.05, 3.63) is 144 Å². The summed E-state index contributed by atoms with van der Waals surface area (Å²) in [4.78, 5) is 44.0. The van der Waals surface area contributed by atoms with E-state index in [1.165, 1.54) is 101 Å². The van der Waals surface area contributed by atoms with Crippen molar-refractivity contribution >= 4 is 36.7 Å². The molecule has 0 spiro atoms. The lowest BCUT2D eigenvalue weighted by Gasteiger charge is -2.41. The molecule has 12 nitrogen and oxygen atoms in total. The van der Waals surface area contributed by atoms with Gasteiger partial charge in [-0.15, -0.1) is 0 Å². The van der Waals surface area contributed by atoms with Gasteiger partial charge in [-0.1, -0.05) is 160 Å². The summed E-state index contributed by atoms with van der Waals surface area (Å²) in [5.41, 5.74) is 3.51. The number of nitrogens with zero attached hydrogens (tertiary/aromatic N) is 6. The van der Waals surface area contributed by atoms with Crippen molar-refractivity contribution in [2.24, 2.45) is 33.7 Å². The van der Waals surface area contributed by atoms with Crippen molar-refractivity contribution in [2.45, 2.75) is 165 Å². The zero-order valence-corrected chi connectivity index (χ0v) is 49.8. The summed E-state index contributed by atoms with van der Waals surface area (Å²) >= 11 is 1.75. The Bertz CT molecular complexity index is 2440. The smallest absolute Gasteiger partial charge is 0.438 e. The average Bonchev–Trinajstić information content (AvgIpc) is 4.23. The van der Waals surface area contributed by atoms with Crippen molar-refractivity contribution in [2.75, 3.05) is 54.4 Å². The third kappa shape index (κ3) is 17.6. The van der Waals surface area contributed by atoms with E-state index in [-0.39, 0.29) is 12.1 Å². The van der Waals surface area contributed by atoms with Gasteiger partial charge in [-0.05, 0) is 150 Å². The number of carbonyl (C=O) groups excluding carboxylic acids is 2. The van der Waals surface area contributed by atoms with Crippen LogP contribution in [-0.2, 0) is 44.9 Å². The number of hydrogen-bond donors (Lipinski definition) is 0. The Balaban J connectivity index is 0.000000229. The summed E-state index contributed by atoms with van der Waals surface area (Å²) in [6.45, 7) is 3.62. The molecule has 2 aliphatic heterocycles. The SMILES string of the molecule is CCCC1(OC(=O)OC)N=CN(Cc2ccccc2)C1CC1CCC(C(CCc2ccccc2)N(C)C)CC1.COC(=O)OC1(CCSC)N=CN(Cc2ccccc2)C1CC1CCC(C(CCc2ccccc2)N(C)C)CC1. The van der Waals surface area contributed by atoms with Gasteiger partial charge in [0, 0.05) is 38.0 Å². The van der Waals surface area contributed by atoms with Gasteiger partial charge in [-0.25, -0.2) is 19.6 Å². The molecule has 4 aromatic rings. The van der Waals surface area contributed by atoms with Crippen LogP contribution in [0.3, 0.4) is 0 Å². The van der Waals surface area contributed by atoms with Gasteiger partial charge in [-0.2, -0.15) is 11.8 Å². The monoisotopic (exact) mass is 1100 g/mol. The van der Waals surface area contributed by atoms with Gasteiger partial charge in [0.1, 0.15) is 0 Å². The van der Waals surface area contributed by atoms with Crippen LogP contribution in [0, 0.1) is 23.7 Å². The molecule has 2 fully saturated rings. The topological polar surface area (TPSA) is 109 Å². The highest BCUT2D eigenvalue weighted by Crippen LogP contribution is 2.44. The fourth-order valence-electron chi connectivity index (χ4n) is 13.5. The highest BCUT2D eigenvalue weighted by atomic mass is 32.2. The van der Waals surface area contributed by atoms with Crippen molar-refractivity contribution in [1.82, 2.24) is 19.6 Å². The highest BCUT2D eigenvalue weighted by Gasteiger charge is 2.51. The van der Waals surface area contributed by atoms with Crippen LogP contribution in [0.15, 0.2) is 131 Å². The first kappa shape index (κ1) is 61.3. The summed E-state index contributed by atoms with van der Waals surface area (Å²) < 4.78 is 21.9. The molecule has 6 unspecified atom stereocenters. The standard InChI is InChI=1S/C33H47N3O3S.C33H47N3O3/c1-35(2)30(20-17-26-11-7-5-8-12-26)29-18-15-27(16-19-29)23-31-33(21-22-40-4,39-32(37)38-3)34-25-36(31)24-28-13-9-6-10-14-28;1-5-22-33(39-32(37)38-4)31(36(25-34-33)24-28-14-10-7-11-15-28)23-27-16-19-29(20-17-27)30(35(2)3)21-18-26-12-8-6-9-13-26/h5-14,25,27,29-31H,15-24H2,1-4H3;6-15,25,27,29-31H,5,16-24H2,1-4H3. The molecule has 4 aliphatic rings. The van der Waals surface area contributed by atoms with Gasteiger partial charge in [0.05, 0.1) is 39.0 Å². The molecule has 430 valence electrons. The van der Waals surface area contributed by atoms with Gasteiger partial charge in [0.25, 0.3) is 0 Å². The second kappa shape index (κ2) is 31.0. The van der Waals surface area contributed by atoms with E-state index >= 15 is 0 Å². The van der Waals surface area contributed by atoms with Crippen molar-refractivity contribution in [3.8, 4) is 0 Å². The lowest BCUT2D eigenvalue weighted by atomic mass is 9.74. The quantitative estimate of drug-likeness (QED) is 0.0592. The van der Waals surface area contributed by atoms with E-state index in [1.807, 2.05) is 24.8 Å². The average molecular weight is 1100 g/mol. The zero-order chi connectivity index (χ0) is 56.0. The number of aryl methyl sites for hydroxylation is 2. The van der Waals surface area contributed by atoms with Crippen LogP contribution in [0.1, 0.15) is 125 Å². The zero-order valence-electron chi connectivity index (χ0n) is 49.0. The number of benzene rings is 4. The molecular formula is C66H94N6O6S. The Morgan fingerprint density at radius 3 is 1.24 bits per heavy atom. The molecule has 0 amide bonds. The predicted molar refractivity (Wildman–Crippen MR) is 323 cm³/mol. The van der Waals surface area contributed by atoms with Crippen LogP contribution in [0.4, 0.5) is 9.59 Å². The molecule has 0 aromatic heterocycles. The number of methoxy groups -OCH3 is 2. The Hall–Kier alpha value is -5.37. The Labute approximate surface area is 479 Å². The first-order chi connectivity index (χ1) is 38.4. The van der Waals surface area contributed by atoms with Crippen LogP contribution >= 0.6 is 11.8 Å². The third-order valence-corrected chi connectivity index (χ3v) is 18.3. The fourth-order valence-corrected chi connectivity index (χ4v) is 14.0. The van der Waals surface area contributed by atoms with E-state index in [4.69, 9.17) is 28.9 Å². The molecule has 2 heterocycles. The molecule has 79 heavy (non-hydrogen) atoms. The molecule has 4 aromatic carbocycles. The number of rotatable bonds is 25. The van der Waals surface area contributed by atoms with Gasteiger partial charge in [0.15, 0.2) is 0 Å². The van der Waals surface area contributed by atoms with Gasteiger partial charge in [0.2, 0.25) is 11.4 Å². The predicted octanol–water partition coefficient (Wildman–Crippen LogP) is 13.8. The van der Waals surface area contributed by atoms with E-state index in [1.54, 1.807) is 11.8 Å². The van der Waals surface area contributed by atoms with Crippen LogP contribution in [0.25, 0.3) is 0 Å². The van der Waals surface area contributed by atoms with Crippen LogP contribution in [0.5, 0.6) is 0 Å². The number of aliphatic imine (C=N–C) groups is 2. The number of carbonyl (C=O) groups is 2. The van der Waals surface area contributed by atoms with E-state index in [0.29, 0.717) is 48.6 Å². The molecule has 0 bridgehead atoms. The second-order valence-corrected chi connectivity index (χ2v) is 24.3. The molecule has 2 saturated carbocycles. The molecule has 0 N–H and O–H groups in total. The Morgan fingerprint density at radius 1 is 0.557 bits per heavy atom. The van der Waals surface area contributed by atoms with E-state index in [0.717, 1.165) is 50.9 Å². The summed E-state index contributed by atoms with van der Waals surface area (Å²) in [5.74, 6) is 3.45. The van der Waals surface area contributed by atoms with E-state index in [9.17, 15) is 9.59 Å². The van der Waals surface area contributed by atoms with Crippen molar-refractivity contribution in [1.29, 1.82) is 0 Å². The maximum Gasteiger partial charge on any atom is 0.510 e. The van der Waals surface area contributed by atoms with Crippen molar-refractivity contribution in [3.63, 3.8) is 0 Å². The first-order valence-corrected chi connectivity index (χ1v) is 30.9. The highest BCUT2D eigenvalue weighted by molar-refractivity contribution is 7.98. The molecule has 13 heteroatoms. The number of hydrogen-bond acceptors (Lipinski definition) is 13. The minimum Gasteiger partial charge on any atom is -0.438 e. The van der Waals surface area contributed by atoms with Gasteiger partial charge >= 0.3 is 12.3 Å². The maximum atomic E-state index is 12.4. The Kier molecular flexibility index (Phi) is 24.0. The molecular weight excluding hydrogens is 1000 g/mol. The second-order valence-electron chi connectivity index (χ2n) is 23.3. The molecule has 0 saturated heterocycles. The van der Waals surface area contributed by atoms with Gasteiger partial charge in [-0.3, -0.25) is 0 Å². The molecule has 6 atom stereocenters. The lowest BCUT2D eigenvalue weighted by molar-refractivity contribution is -0.0634. The largest absolute Gasteiger partial charge is 0.510 e. The number of ether oxygens (including phenoxy) is 4. The normalized spacial score (nSPS) is 25.4. The van der Waals surface area contributed by atoms with Gasteiger partial charge < -0.3 is 38.5 Å².